The number of thioether (sulfide) groups is 1. The van der Waals surface area contributed by atoms with Gasteiger partial charge < -0.3 is 9.47 Å². The van der Waals surface area contributed by atoms with Crippen molar-refractivity contribution in [2.24, 2.45) is 0 Å². The molecule has 30 heavy (non-hydrogen) atoms. The molecular formula is C21H21NO6S2. The highest BCUT2D eigenvalue weighted by molar-refractivity contribution is 8.00. The first-order chi connectivity index (χ1) is 14.4. The number of thiophene rings is 1. The number of benzene rings is 1. The standard InChI is InChI=1S/C21H21NO6S2/c1-4-12-10-14(21(26)28-5-2)19(29-12)22-17(23)11-16(18(22)24)30-15-9-7-6-8-13(15)20(25)27-3/h6-10,16H,4-5,11H2,1-3H3/t16-/m1/s1. The van der Waals surface area contributed by atoms with Crippen LogP contribution in [0.2, 0.25) is 0 Å². The minimum absolute atomic E-state index is 0.0272. The molecule has 1 aliphatic heterocycles. The lowest BCUT2D eigenvalue weighted by Crippen LogP contribution is -2.31. The maximum atomic E-state index is 13.1. The molecule has 0 bridgehead atoms. The first-order valence-corrected chi connectivity index (χ1v) is 11.1. The number of methoxy groups -OCH3 is 1. The molecule has 0 spiro atoms. The summed E-state index contributed by atoms with van der Waals surface area (Å²) in [6.07, 6.45) is 0.638. The fourth-order valence-corrected chi connectivity index (χ4v) is 5.32. The number of amides is 2. The number of esters is 2. The van der Waals surface area contributed by atoms with Crippen LogP contribution < -0.4 is 4.90 Å². The van der Waals surface area contributed by atoms with Gasteiger partial charge in [-0.3, -0.25) is 9.59 Å². The molecule has 2 amide bonds. The van der Waals surface area contributed by atoms with Crippen LogP contribution in [0.5, 0.6) is 0 Å². The topological polar surface area (TPSA) is 90.0 Å². The molecule has 1 saturated heterocycles. The van der Waals surface area contributed by atoms with Crippen molar-refractivity contribution in [3.63, 3.8) is 0 Å². The van der Waals surface area contributed by atoms with Crippen LogP contribution in [0.1, 0.15) is 45.9 Å². The van der Waals surface area contributed by atoms with Crippen LogP contribution in [-0.2, 0) is 25.5 Å². The van der Waals surface area contributed by atoms with Gasteiger partial charge in [-0.15, -0.1) is 23.1 Å². The summed E-state index contributed by atoms with van der Waals surface area (Å²) in [4.78, 5) is 52.8. The van der Waals surface area contributed by atoms with Crippen LogP contribution in [0.25, 0.3) is 0 Å². The summed E-state index contributed by atoms with van der Waals surface area (Å²) in [5.74, 6) is -1.87. The Morgan fingerprint density at radius 3 is 2.57 bits per heavy atom. The van der Waals surface area contributed by atoms with Crippen LogP contribution in [-0.4, -0.2) is 42.7 Å². The molecule has 1 aromatic heterocycles. The SMILES string of the molecule is CCOC(=O)c1cc(CC)sc1N1C(=O)C[C@@H](Sc2ccccc2C(=O)OC)C1=O. The lowest BCUT2D eigenvalue weighted by Gasteiger charge is -2.15. The van der Waals surface area contributed by atoms with E-state index in [2.05, 4.69) is 0 Å². The Morgan fingerprint density at radius 2 is 1.90 bits per heavy atom. The maximum absolute atomic E-state index is 13.1. The zero-order valence-corrected chi connectivity index (χ0v) is 18.4. The number of hydrogen-bond acceptors (Lipinski definition) is 8. The molecular weight excluding hydrogens is 426 g/mol. The molecule has 1 aromatic carbocycles. The molecule has 7 nitrogen and oxygen atoms in total. The molecule has 1 fully saturated rings. The Balaban J connectivity index is 1.91. The van der Waals surface area contributed by atoms with Crippen molar-refractivity contribution in [2.75, 3.05) is 18.6 Å². The highest BCUT2D eigenvalue weighted by atomic mass is 32.2. The molecule has 0 unspecified atom stereocenters. The second-order valence-corrected chi connectivity index (χ2v) is 8.73. The highest BCUT2D eigenvalue weighted by Gasteiger charge is 2.43. The molecule has 158 valence electrons. The van der Waals surface area contributed by atoms with Gasteiger partial charge in [-0.25, -0.2) is 14.5 Å². The van der Waals surface area contributed by atoms with Crippen molar-refractivity contribution in [1.29, 1.82) is 0 Å². The van der Waals surface area contributed by atoms with E-state index < -0.39 is 23.1 Å². The Morgan fingerprint density at radius 1 is 1.17 bits per heavy atom. The summed E-state index contributed by atoms with van der Waals surface area (Å²) < 4.78 is 9.89. The zero-order chi connectivity index (χ0) is 21.8. The van der Waals surface area contributed by atoms with Crippen molar-refractivity contribution in [3.8, 4) is 0 Å². The van der Waals surface area contributed by atoms with Gasteiger partial charge in [-0.1, -0.05) is 19.1 Å². The lowest BCUT2D eigenvalue weighted by molar-refractivity contribution is -0.121. The van der Waals surface area contributed by atoms with Crippen molar-refractivity contribution in [2.45, 2.75) is 36.8 Å². The third kappa shape index (κ3) is 4.27. The summed E-state index contributed by atoms with van der Waals surface area (Å²) in [5, 5.41) is -0.407. The number of ether oxygens (including phenoxy) is 2. The van der Waals surface area contributed by atoms with Gasteiger partial charge >= 0.3 is 11.9 Å². The third-order valence-electron chi connectivity index (χ3n) is 4.48. The molecule has 3 rings (SSSR count). The van der Waals surface area contributed by atoms with E-state index in [1.807, 2.05) is 6.92 Å². The Hall–Kier alpha value is -2.65. The van der Waals surface area contributed by atoms with Crippen molar-refractivity contribution >= 4 is 51.9 Å². The monoisotopic (exact) mass is 447 g/mol. The highest BCUT2D eigenvalue weighted by Crippen LogP contribution is 2.40. The average Bonchev–Trinajstić information content (AvgIpc) is 3.28. The van der Waals surface area contributed by atoms with Gasteiger partial charge in [0.1, 0.15) is 5.00 Å². The normalized spacial score (nSPS) is 16.1. The van der Waals surface area contributed by atoms with E-state index in [0.717, 1.165) is 21.5 Å². The molecule has 2 aromatic rings. The van der Waals surface area contributed by atoms with E-state index in [9.17, 15) is 19.2 Å². The minimum atomic E-state index is -0.703. The van der Waals surface area contributed by atoms with Crippen molar-refractivity contribution in [1.82, 2.24) is 0 Å². The fourth-order valence-electron chi connectivity index (χ4n) is 3.04. The third-order valence-corrected chi connectivity index (χ3v) is 7.00. The molecule has 1 aliphatic rings. The van der Waals surface area contributed by atoms with Gasteiger partial charge in [0.05, 0.1) is 30.1 Å². The first-order valence-electron chi connectivity index (χ1n) is 9.41. The summed E-state index contributed by atoms with van der Waals surface area (Å²) in [6, 6.07) is 8.44. The smallest absolute Gasteiger partial charge is 0.341 e. The van der Waals surface area contributed by atoms with E-state index >= 15 is 0 Å². The quantitative estimate of drug-likeness (QED) is 0.472. The van der Waals surface area contributed by atoms with E-state index in [1.165, 1.54) is 18.4 Å². The van der Waals surface area contributed by atoms with Gasteiger partial charge in [0.15, 0.2) is 0 Å². The summed E-state index contributed by atoms with van der Waals surface area (Å²) in [6.45, 7) is 3.82. The number of nitrogens with zero attached hydrogens (tertiary/aromatic N) is 1. The van der Waals surface area contributed by atoms with Crippen molar-refractivity contribution in [3.05, 3.63) is 46.3 Å². The minimum Gasteiger partial charge on any atom is -0.465 e. The number of rotatable bonds is 7. The van der Waals surface area contributed by atoms with Gasteiger partial charge in [0, 0.05) is 16.2 Å². The molecule has 0 saturated carbocycles. The fraction of sp³-hybridized carbons (Fsp3) is 0.333. The average molecular weight is 448 g/mol. The molecule has 2 heterocycles. The summed E-state index contributed by atoms with van der Waals surface area (Å²) in [5.41, 5.74) is 0.557. The predicted octanol–water partition coefficient (Wildman–Crippen LogP) is 3.70. The summed E-state index contributed by atoms with van der Waals surface area (Å²) >= 11 is 2.38. The molecule has 0 N–H and O–H groups in total. The van der Waals surface area contributed by atoms with Gasteiger partial charge in [0.25, 0.3) is 0 Å². The van der Waals surface area contributed by atoms with Crippen LogP contribution in [0.3, 0.4) is 0 Å². The summed E-state index contributed by atoms with van der Waals surface area (Å²) in [7, 11) is 1.29. The molecule has 0 aliphatic carbocycles. The van der Waals surface area contributed by atoms with Crippen LogP contribution >= 0.6 is 23.1 Å². The first kappa shape index (κ1) is 22.0. The predicted molar refractivity (Wildman–Crippen MR) is 114 cm³/mol. The number of aryl methyl sites for hydroxylation is 1. The number of carbonyl (C=O) groups excluding carboxylic acids is 4. The largest absolute Gasteiger partial charge is 0.465 e. The van der Waals surface area contributed by atoms with E-state index in [4.69, 9.17) is 9.47 Å². The van der Waals surface area contributed by atoms with Crippen molar-refractivity contribution < 1.29 is 28.7 Å². The van der Waals surface area contributed by atoms with Crippen LogP contribution in [0.4, 0.5) is 5.00 Å². The number of hydrogen-bond donors (Lipinski definition) is 0. The molecule has 1 atom stereocenters. The van der Waals surface area contributed by atoms with Gasteiger partial charge in [-0.05, 0) is 31.5 Å². The second kappa shape index (κ2) is 9.44. The van der Waals surface area contributed by atoms with Gasteiger partial charge in [-0.2, -0.15) is 0 Å². The van der Waals surface area contributed by atoms with Crippen LogP contribution in [0.15, 0.2) is 35.2 Å². The number of anilines is 1. The molecule has 9 heteroatoms. The molecule has 0 radical (unpaired) electrons. The Labute approximate surface area is 182 Å². The van der Waals surface area contributed by atoms with E-state index in [1.54, 1.807) is 37.3 Å². The number of carbonyl (C=O) groups is 4. The van der Waals surface area contributed by atoms with Gasteiger partial charge in [0.2, 0.25) is 11.8 Å². The van der Waals surface area contributed by atoms with E-state index in [0.29, 0.717) is 21.9 Å². The lowest BCUT2D eigenvalue weighted by atomic mass is 10.2. The van der Waals surface area contributed by atoms with E-state index in [-0.39, 0.29) is 24.5 Å². The Bertz CT molecular complexity index is 999. The zero-order valence-electron chi connectivity index (χ0n) is 16.8. The Kier molecular flexibility index (Phi) is 6.94. The van der Waals surface area contributed by atoms with Crippen LogP contribution in [0, 0.1) is 0 Å². The second-order valence-electron chi connectivity index (χ2n) is 6.37. The number of imide groups is 1. The maximum Gasteiger partial charge on any atom is 0.341 e.